The maximum atomic E-state index is 3.59. The molecule has 0 saturated carbocycles. The Morgan fingerprint density at radius 2 is 2.07 bits per heavy atom. The van der Waals surface area contributed by atoms with Gasteiger partial charge in [0.05, 0.1) is 0 Å². The third-order valence-corrected chi connectivity index (χ3v) is 3.63. The van der Waals surface area contributed by atoms with E-state index in [4.69, 9.17) is 0 Å². The van der Waals surface area contributed by atoms with Gasteiger partial charge in [0.15, 0.2) is 0 Å². The average Bonchev–Trinajstić information content (AvgIpc) is 2.29. The van der Waals surface area contributed by atoms with Crippen molar-refractivity contribution in [3.05, 3.63) is 34.9 Å². The predicted octanol–water partition coefficient (Wildman–Crippen LogP) is 3.41. The Morgan fingerprint density at radius 3 is 2.73 bits per heavy atom. The highest BCUT2D eigenvalue weighted by Crippen LogP contribution is 2.32. The summed E-state index contributed by atoms with van der Waals surface area (Å²) in [6.45, 7) is 7.90. The molecule has 0 fully saturated rings. The van der Waals surface area contributed by atoms with Crippen LogP contribution in [0.4, 0.5) is 0 Å². The van der Waals surface area contributed by atoms with Crippen LogP contribution in [-0.2, 0) is 6.42 Å². The number of benzene rings is 1. The summed E-state index contributed by atoms with van der Waals surface area (Å²) in [6, 6.07) is 7.54. The Bertz CT molecular complexity index is 343. The molecule has 1 N–H and O–H groups in total. The first-order chi connectivity index (χ1) is 7.26. The molecule has 0 saturated heterocycles. The molecular weight excluding hydrogens is 182 g/mol. The van der Waals surface area contributed by atoms with Crippen LogP contribution in [0.5, 0.6) is 0 Å². The summed E-state index contributed by atoms with van der Waals surface area (Å²) >= 11 is 0. The first kappa shape index (κ1) is 10.7. The van der Waals surface area contributed by atoms with Crippen LogP contribution in [0.1, 0.15) is 55.8 Å². The largest absolute Gasteiger partial charge is 0.310 e. The van der Waals surface area contributed by atoms with Gasteiger partial charge in [0.1, 0.15) is 0 Å². The normalized spacial score (nSPS) is 25.0. The van der Waals surface area contributed by atoms with Crippen molar-refractivity contribution in [2.24, 2.45) is 0 Å². The van der Waals surface area contributed by atoms with Gasteiger partial charge in [0.25, 0.3) is 0 Å². The molecule has 2 unspecified atom stereocenters. The van der Waals surface area contributed by atoms with E-state index >= 15 is 0 Å². The number of hydrogen-bond donors (Lipinski definition) is 1. The molecule has 0 bridgehead atoms. The minimum atomic E-state index is 0.522. The lowest BCUT2D eigenvalue weighted by atomic mass is 9.84. The number of nitrogens with one attached hydrogen (secondary N) is 1. The summed E-state index contributed by atoms with van der Waals surface area (Å²) in [5.74, 6) is 0.710. The lowest BCUT2D eigenvalue weighted by Crippen LogP contribution is -2.31. The average molecular weight is 203 g/mol. The van der Waals surface area contributed by atoms with Crippen LogP contribution < -0.4 is 5.32 Å². The van der Waals surface area contributed by atoms with Crippen LogP contribution in [0.2, 0.25) is 0 Å². The van der Waals surface area contributed by atoms with E-state index in [-0.39, 0.29) is 0 Å². The Kier molecular flexibility index (Phi) is 3.11. The van der Waals surface area contributed by atoms with E-state index in [1.165, 1.54) is 17.5 Å². The van der Waals surface area contributed by atoms with Crippen molar-refractivity contribution in [1.29, 1.82) is 0 Å². The molecule has 1 heterocycles. The molecule has 1 heteroatoms. The van der Waals surface area contributed by atoms with Crippen molar-refractivity contribution in [1.82, 2.24) is 5.32 Å². The van der Waals surface area contributed by atoms with Gasteiger partial charge in [-0.25, -0.2) is 0 Å². The van der Waals surface area contributed by atoms with Gasteiger partial charge < -0.3 is 5.32 Å². The molecule has 1 aromatic rings. The summed E-state index contributed by atoms with van der Waals surface area (Å²) in [5.41, 5.74) is 4.55. The maximum Gasteiger partial charge on any atom is 0.0294 e. The smallest absolute Gasteiger partial charge is 0.0294 e. The molecule has 0 aliphatic carbocycles. The monoisotopic (exact) mass is 203 g/mol. The second-order valence-corrected chi connectivity index (χ2v) is 4.55. The van der Waals surface area contributed by atoms with E-state index in [2.05, 4.69) is 44.3 Å². The molecule has 2 rings (SSSR count). The quantitative estimate of drug-likeness (QED) is 0.776. The molecule has 0 aromatic heterocycles. The molecule has 1 nitrogen and oxygen atoms in total. The zero-order valence-corrected chi connectivity index (χ0v) is 10.0. The Morgan fingerprint density at radius 1 is 1.27 bits per heavy atom. The molecule has 2 atom stereocenters. The van der Waals surface area contributed by atoms with Gasteiger partial charge in [-0.2, -0.15) is 0 Å². The lowest BCUT2D eigenvalue weighted by Gasteiger charge is -2.30. The fourth-order valence-corrected chi connectivity index (χ4v) is 2.49. The van der Waals surface area contributed by atoms with E-state index in [0.29, 0.717) is 12.0 Å². The topological polar surface area (TPSA) is 12.0 Å². The Labute approximate surface area is 92.9 Å². The van der Waals surface area contributed by atoms with Crippen LogP contribution in [-0.4, -0.2) is 6.54 Å². The summed E-state index contributed by atoms with van der Waals surface area (Å²) in [6.07, 6.45) is 2.37. The van der Waals surface area contributed by atoms with Crippen molar-refractivity contribution in [3.8, 4) is 0 Å². The highest BCUT2D eigenvalue weighted by Gasteiger charge is 2.22. The van der Waals surface area contributed by atoms with Crippen molar-refractivity contribution in [2.75, 3.05) is 6.54 Å². The van der Waals surface area contributed by atoms with Gasteiger partial charge >= 0.3 is 0 Å². The van der Waals surface area contributed by atoms with Gasteiger partial charge in [0.2, 0.25) is 0 Å². The van der Waals surface area contributed by atoms with Crippen LogP contribution in [0.15, 0.2) is 18.2 Å². The maximum absolute atomic E-state index is 3.59. The molecule has 82 valence electrons. The highest BCUT2D eigenvalue weighted by atomic mass is 14.9. The fraction of sp³-hybridized carbons (Fsp3) is 0.571. The second-order valence-electron chi connectivity index (χ2n) is 4.55. The van der Waals surface area contributed by atoms with Crippen LogP contribution in [0, 0.1) is 0 Å². The Balaban J connectivity index is 2.42. The van der Waals surface area contributed by atoms with Crippen molar-refractivity contribution >= 4 is 0 Å². The molecule has 0 spiro atoms. The number of fused-ring (bicyclic) bond motifs is 1. The molecule has 0 amide bonds. The molecule has 1 aromatic carbocycles. The van der Waals surface area contributed by atoms with Gasteiger partial charge in [-0.3, -0.25) is 0 Å². The summed E-state index contributed by atoms with van der Waals surface area (Å²) in [5, 5.41) is 3.59. The first-order valence-electron chi connectivity index (χ1n) is 6.12. The van der Waals surface area contributed by atoms with Crippen LogP contribution in [0.25, 0.3) is 0 Å². The van der Waals surface area contributed by atoms with Gasteiger partial charge in [-0.05, 0) is 42.4 Å². The number of rotatable bonds is 2. The van der Waals surface area contributed by atoms with Crippen molar-refractivity contribution in [3.63, 3.8) is 0 Å². The first-order valence-corrected chi connectivity index (χ1v) is 6.12. The van der Waals surface area contributed by atoms with E-state index in [0.717, 1.165) is 13.0 Å². The van der Waals surface area contributed by atoms with E-state index < -0.39 is 0 Å². The zero-order chi connectivity index (χ0) is 10.8. The predicted molar refractivity (Wildman–Crippen MR) is 65.3 cm³/mol. The second kappa shape index (κ2) is 4.36. The number of hydrogen-bond acceptors (Lipinski definition) is 1. The minimum Gasteiger partial charge on any atom is -0.310 e. The highest BCUT2D eigenvalue weighted by molar-refractivity contribution is 5.38. The minimum absolute atomic E-state index is 0.522. The lowest BCUT2D eigenvalue weighted by molar-refractivity contribution is 0.469. The summed E-state index contributed by atoms with van der Waals surface area (Å²) in [4.78, 5) is 0. The van der Waals surface area contributed by atoms with E-state index in [9.17, 15) is 0 Å². The molecule has 15 heavy (non-hydrogen) atoms. The van der Waals surface area contributed by atoms with Crippen LogP contribution >= 0.6 is 0 Å². The van der Waals surface area contributed by atoms with Crippen molar-refractivity contribution in [2.45, 2.75) is 45.6 Å². The third-order valence-electron chi connectivity index (χ3n) is 3.63. The molecule has 0 radical (unpaired) electrons. The fourth-order valence-electron chi connectivity index (χ4n) is 2.49. The van der Waals surface area contributed by atoms with Gasteiger partial charge in [-0.15, -0.1) is 0 Å². The summed E-state index contributed by atoms with van der Waals surface area (Å²) < 4.78 is 0. The molecule has 1 aliphatic heterocycles. The van der Waals surface area contributed by atoms with Crippen molar-refractivity contribution < 1.29 is 0 Å². The molecule has 1 aliphatic rings. The third kappa shape index (κ3) is 1.93. The van der Waals surface area contributed by atoms with Gasteiger partial charge in [0, 0.05) is 12.6 Å². The number of aryl methyl sites for hydroxylation is 1. The SMILES string of the molecule is CCc1ccc2c(c1)C(C)NCC2CC. The van der Waals surface area contributed by atoms with Crippen LogP contribution in [0.3, 0.4) is 0 Å². The van der Waals surface area contributed by atoms with E-state index in [1.807, 2.05) is 0 Å². The molecular formula is C14H21N. The summed E-state index contributed by atoms with van der Waals surface area (Å²) in [7, 11) is 0. The standard InChI is InChI=1S/C14H21N/c1-4-11-6-7-13-12(5-2)9-15-10(3)14(13)8-11/h6-8,10,12,15H,4-5,9H2,1-3H3. The van der Waals surface area contributed by atoms with E-state index in [1.54, 1.807) is 5.56 Å². The zero-order valence-electron chi connectivity index (χ0n) is 10.0. The van der Waals surface area contributed by atoms with Gasteiger partial charge in [-0.1, -0.05) is 32.0 Å². The Hall–Kier alpha value is -0.820.